The first-order valence-electron chi connectivity index (χ1n) is 7.07. The van der Waals surface area contributed by atoms with Crippen LogP contribution in [-0.2, 0) is 6.54 Å². The highest BCUT2D eigenvalue weighted by Crippen LogP contribution is 2.27. The summed E-state index contributed by atoms with van der Waals surface area (Å²) in [5, 5.41) is 7.46. The average Bonchev–Trinajstić information content (AvgIpc) is 2.30. The van der Waals surface area contributed by atoms with Crippen LogP contribution in [0.5, 0.6) is 0 Å². The third-order valence-corrected chi connectivity index (χ3v) is 4.28. The van der Waals surface area contributed by atoms with Gasteiger partial charge in [-0.3, -0.25) is 4.79 Å². The van der Waals surface area contributed by atoms with Gasteiger partial charge in [0.25, 0.3) is 5.56 Å². The Balaban J connectivity index is 2.07. The average molecular weight is 328 g/mol. The number of hydrogen-bond acceptors (Lipinski definition) is 3. The fraction of sp³-hybridized carbons (Fsp3) is 0.714. The highest BCUT2D eigenvalue weighted by Gasteiger charge is 2.20. The molecule has 0 saturated heterocycles. The van der Waals surface area contributed by atoms with Crippen molar-refractivity contribution in [2.24, 2.45) is 11.8 Å². The van der Waals surface area contributed by atoms with Crippen LogP contribution in [0.3, 0.4) is 0 Å². The van der Waals surface area contributed by atoms with E-state index in [0.717, 1.165) is 24.0 Å². The van der Waals surface area contributed by atoms with Crippen molar-refractivity contribution in [2.45, 2.75) is 46.1 Å². The van der Waals surface area contributed by atoms with E-state index in [2.05, 4.69) is 40.2 Å². The van der Waals surface area contributed by atoms with E-state index in [1.807, 2.05) is 0 Å². The van der Waals surface area contributed by atoms with E-state index in [1.165, 1.54) is 19.3 Å². The van der Waals surface area contributed by atoms with Gasteiger partial charge in [-0.05, 0) is 47.0 Å². The van der Waals surface area contributed by atoms with Crippen LogP contribution in [0.25, 0.3) is 0 Å². The van der Waals surface area contributed by atoms with Gasteiger partial charge in [-0.25, -0.2) is 4.68 Å². The van der Waals surface area contributed by atoms with E-state index in [-0.39, 0.29) is 5.56 Å². The monoisotopic (exact) mass is 327 g/mol. The summed E-state index contributed by atoms with van der Waals surface area (Å²) < 4.78 is 2.36. The molecule has 1 fully saturated rings. The molecule has 1 saturated carbocycles. The molecular weight excluding hydrogens is 306 g/mol. The number of anilines is 1. The lowest BCUT2D eigenvalue weighted by atomic mass is 9.85. The molecule has 0 radical (unpaired) electrons. The summed E-state index contributed by atoms with van der Waals surface area (Å²) in [4.78, 5) is 12.3. The first kappa shape index (κ1) is 14.6. The van der Waals surface area contributed by atoms with E-state index >= 15 is 0 Å². The molecule has 1 aromatic heterocycles. The molecular formula is C14H22BrN3O. The number of hydrogen-bond donors (Lipinski definition) is 1. The standard InChI is InChI=1S/C14H22BrN3O/c1-10(2)6-7-16-13-12(15)8-17-18(14(13)19)9-11-4-3-5-11/h8,10-11,16H,3-7,9H2,1-2H3. The van der Waals surface area contributed by atoms with Crippen molar-refractivity contribution in [2.75, 3.05) is 11.9 Å². The fourth-order valence-electron chi connectivity index (χ4n) is 2.16. The Hall–Kier alpha value is -0.840. The minimum atomic E-state index is -0.00923. The molecule has 0 amide bonds. The largest absolute Gasteiger partial charge is 0.380 e. The maximum atomic E-state index is 12.3. The zero-order chi connectivity index (χ0) is 13.8. The van der Waals surface area contributed by atoms with Crippen LogP contribution >= 0.6 is 15.9 Å². The van der Waals surface area contributed by atoms with Gasteiger partial charge in [0, 0.05) is 13.1 Å². The Labute approximate surface area is 122 Å². The molecule has 2 rings (SSSR count). The Morgan fingerprint density at radius 3 is 2.84 bits per heavy atom. The lowest BCUT2D eigenvalue weighted by Gasteiger charge is -2.25. The molecule has 0 unspecified atom stereocenters. The Morgan fingerprint density at radius 2 is 2.26 bits per heavy atom. The minimum Gasteiger partial charge on any atom is -0.380 e. The van der Waals surface area contributed by atoms with Crippen molar-refractivity contribution < 1.29 is 0 Å². The molecule has 0 atom stereocenters. The topological polar surface area (TPSA) is 46.9 Å². The quantitative estimate of drug-likeness (QED) is 0.872. The number of nitrogens with zero attached hydrogens (tertiary/aromatic N) is 2. The summed E-state index contributed by atoms with van der Waals surface area (Å²) in [6.45, 7) is 5.93. The van der Waals surface area contributed by atoms with Crippen LogP contribution < -0.4 is 10.9 Å². The molecule has 0 spiro atoms. The highest BCUT2D eigenvalue weighted by molar-refractivity contribution is 9.10. The molecule has 4 nitrogen and oxygen atoms in total. The molecule has 0 bridgehead atoms. The molecule has 5 heteroatoms. The summed E-state index contributed by atoms with van der Waals surface area (Å²) in [5.41, 5.74) is 0.639. The van der Waals surface area contributed by atoms with Crippen molar-refractivity contribution in [3.8, 4) is 0 Å². The van der Waals surface area contributed by atoms with Crippen LogP contribution in [0.2, 0.25) is 0 Å². The van der Waals surface area contributed by atoms with Crippen LogP contribution in [0, 0.1) is 11.8 Å². The lowest BCUT2D eigenvalue weighted by molar-refractivity contribution is 0.262. The van der Waals surface area contributed by atoms with Crippen LogP contribution in [-0.4, -0.2) is 16.3 Å². The summed E-state index contributed by atoms with van der Waals surface area (Å²) in [6, 6.07) is 0. The number of aromatic nitrogens is 2. The third-order valence-electron chi connectivity index (χ3n) is 3.68. The molecule has 19 heavy (non-hydrogen) atoms. The van der Waals surface area contributed by atoms with Gasteiger partial charge in [-0.2, -0.15) is 5.10 Å². The second kappa shape index (κ2) is 6.55. The third kappa shape index (κ3) is 3.81. The molecule has 106 valence electrons. The predicted octanol–water partition coefficient (Wildman–Crippen LogP) is 3.26. The summed E-state index contributed by atoms with van der Waals surface area (Å²) in [5.74, 6) is 1.26. The van der Waals surface area contributed by atoms with Crippen molar-refractivity contribution in [3.05, 3.63) is 21.0 Å². The normalized spacial score (nSPS) is 15.6. The molecule has 1 aliphatic carbocycles. The Morgan fingerprint density at radius 1 is 1.53 bits per heavy atom. The Bertz CT molecular complexity index is 480. The van der Waals surface area contributed by atoms with Gasteiger partial charge in [0.15, 0.2) is 0 Å². The molecule has 0 aromatic carbocycles. The van der Waals surface area contributed by atoms with E-state index < -0.39 is 0 Å². The van der Waals surface area contributed by atoms with Gasteiger partial charge < -0.3 is 5.32 Å². The molecule has 0 aliphatic heterocycles. The van der Waals surface area contributed by atoms with Gasteiger partial charge in [-0.1, -0.05) is 20.3 Å². The maximum absolute atomic E-state index is 12.3. The zero-order valence-corrected chi connectivity index (χ0v) is 13.2. The number of halogens is 1. The fourth-order valence-corrected chi connectivity index (χ4v) is 2.57. The second-order valence-electron chi connectivity index (χ2n) is 5.76. The summed E-state index contributed by atoms with van der Waals surface area (Å²) >= 11 is 3.41. The van der Waals surface area contributed by atoms with Crippen LogP contribution in [0.4, 0.5) is 5.69 Å². The molecule has 1 aliphatic rings. The second-order valence-corrected chi connectivity index (χ2v) is 6.62. The zero-order valence-electron chi connectivity index (χ0n) is 11.7. The molecule has 1 aromatic rings. The SMILES string of the molecule is CC(C)CCNc1c(Br)cnn(CC2CCC2)c1=O. The van der Waals surface area contributed by atoms with E-state index in [9.17, 15) is 4.79 Å². The van der Waals surface area contributed by atoms with Gasteiger partial charge in [-0.15, -0.1) is 0 Å². The predicted molar refractivity (Wildman–Crippen MR) is 81.5 cm³/mol. The highest BCUT2D eigenvalue weighted by atomic mass is 79.9. The van der Waals surface area contributed by atoms with Gasteiger partial charge in [0.2, 0.25) is 0 Å². The van der Waals surface area contributed by atoms with Crippen molar-refractivity contribution in [1.82, 2.24) is 9.78 Å². The number of rotatable bonds is 6. The van der Waals surface area contributed by atoms with Crippen molar-refractivity contribution in [1.29, 1.82) is 0 Å². The van der Waals surface area contributed by atoms with Gasteiger partial charge in [0.1, 0.15) is 5.69 Å². The van der Waals surface area contributed by atoms with Crippen LogP contribution in [0.1, 0.15) is 39.5 Å². The lowest BCUT2D eigenvalue weighted by Crippen LogP contribution is -2.31. The first-order valence-corrected chi connectivity index (χ1v) is 7.86. The van der Waals surface area contributed by atoms with E-state index in [4.69, 9.17) is 0 Å². The smallest absolute Gasteiger partial charge is 0.291 e. The summed E-state index contributed by atoms with van der Waals surface area (Å²) in [7, 11) is 0. The molecule has 1 N–H and O–H groups in total. The van der Waals surface area contributed by atoms with Crippen molar-refractivity contribution in [3.63, 3.8) is 0 Å². The minimum absolute atomic E-state index is 0.00923. The van der Waals surface area contributed by atoms with Gasteiger partial charge in [0.05, 0.1) is 10.7 Å². The van der Waals surface area contributed by atoms with E-state index in [1.54, 1.807) is 10.9 Å². The molecule has 1 heterocycles. The van der Waals surface area contributed by atoms with Crippen LogP contribution in [0.15, 0.2) is 15.5 Å². The Kier molecular flexibility index (Phi) is 5.02. The number of nitrogens with one attached hydrogen (secondary N) is 1. The van der Waals surface area contributed by atoms with Crippen molar-refractivity contribution >= 4 is 21.6 Å². The van der Waals surface area contributed by atoms with Gasteiger partial charge >= 0.3 is 0 Å². The first-order chi connectivity index (χ1) is 9.08. The maximum Gasteiger partial charge on any atom is 0.291 e. The van der Waals surface area contributed by atoms with E-state index in [0.29, 0.717) is 17.5 Å². The summed E-state index contributed by atoms with van der Waals surface area (Å²) in [6.07, 6.45) is 6.50.